The van der Waals surface area contributed by atoms with E-state index in [1.807, 2.05) is 25.1 Å². The van der Waals surface area contributed by atoms with Crippen LogP contribution < -0.4 is 4.74 Å². The van der Waals surface area contributed by atoms with Crippen molar-refractivity contribution in [1.82, 2.24) is 4.90 Å². The normalized spacial score (nSPS) is 20.3. The van der Waals surface area contributed by atoms with Gasteiger partial charge in [0.2, 0.25) is 0 Å². The van der Waals surface area contributed by atoms with E-state index >= 15 is 0 Å². The molecule has 0 amide bonds. The molecule has 0 N–H and O–H groups in total. The molecular formula is C16H25NO2. The Morgan fingerprint density at radius 1 is 1.32 bits per heavy atom. The zero-order valence-corrected chi connectivity index (χ0v) is 12.3. The predicted molar refractivity (Wildman–Crippen MR) is 79.1 cm³/mol. The van der Waals surface area contributed by atoms with Crippen LogP contribution in [0.3, 0.4) is 0 Å². The molecule has 3 heterocycles. The highest BCUT2D eigenvalue weighted by Gasteiger charge is 2.15. The summed E-state index contributed by atoms with van der Waals surface area (Å²) >= 11 is 0. The highest BCUT2D eigenvalue weighted by atomic mass is 16.5. The maximum atomic E-state index is 5.26. The summed E-state index contributed by atoms with van der Waals surface area (Å²) in [5, 5.41) is 0. The van der Waals surface area contributed by atoms with Crippen LogP contribution in [0.5, 0.6) is 5.75 Å². The molecule has 2 aromatic heterocycles. The number of hydrogen-bond acceptors (Lipinski definition) is 3. The lowest BCUT2D eigenvalue weighted by Gasteiger charge is -2.31. The van der Waals surface area contributed by atoms with Gasteiger partial charge in [-0.25, -0.2) is 0 Å². The second kappa shape index (κ2) is 6.80. The summed E-state index contributed by atoms with van der Waals surface area (Å²) in [6.07, 6.45) is 5.61. The molecule has 0 spiro atoms. The van der Waals surface area contributed by atoms with E-state index in [1.165, 1.54) is 32.2 Å². The van der Waals surface area contributed by atoms with Gasteiger partial charge >= 0.3 is 0 Å². The minimum Gasteiger partial charge on any atom is -0.490 e. The molecule has 0 saturated carbocycles. The van der Waals surface area contributed by atoms with Crippen molar-refractivity contribution < 1.29 is 9.15 Å². The largest absolute Gasteiger partial charge is 0.490 e. The van der Waals surface area contributed by atoms with Crippen LogP contribution in [0, 0.1) is 0 Å². The molecule has 0 aliphatic carbocycles. The standard InChI is InChI=1S/C8H17N.C8H8O2/c1-3-8-6-4-5-7-9(8)2;1-2-9-8-5-6-3-4-7(8)10-6/h8H,3-7H2,1-2H3;3-5H,2H2,1H3. The third kappa shape index (κ3) is 3.63. The number of ether oxygens (including phenoxy) is 1. The summed E-state index contributed by atoms with van der Waals surface area (Å²) in [5.74, 6) is 0.861. The Bertz CT molecular complexity index is 465. The van der Waals surface area contributed by atoms with Crippen LogP contribution in [0.2, 0.25) is 0 Å². The first-order valence-corrected chi connectivity index (χ1v) is 7.39. The van der Waals surface area contributed by atoms with Crippen molar-refractivity contribution in [1.29, 1.82) is 0 Å². The quantitative estimate of drug-likeness (QED) is 0.832. The van der Waals surface area contributed by atoms with E-state index in [4.69, 9.17) is 9.15 Å². The lowest BCUT2D eigenvalue weighted by molar-refractivity contribution is 0.181. The number of likely N-dealkylation sites (tertiary alicyclic amines) is 1. The summed E-state index contributed by atoms with van der Waals surface area (Å²) in [7, 11) is 2.24. The van der Waals surface area contributed by atoms with Gasteiger partial charge in [0.05, 0.1) is 6.61 Å². The molecule has 1 saturated heterocycles. The number of hydrogen-bond donors (Lipinski definition) is 0. The van der Waals surface area contributed by atoms with E-state index in [9.17, 15) is 0 Å². The van der Waals surface area contributed by atoms with E-state index in [2.05, 4.69) is 18.9 Å². The van der Waals surface area contributed by atoms with E-state index in [0.717, 1.165) is 23.0 Å². The van der Waals surface area contributed by atoms with Crippen molar-refractivity contribution in [2.24, 2.45) is 0 Å². The highest BCUT2D eigenvalue weighted by Crippen LogP contribution is 2.28. The summed E-state index contributed by atoms with van der Waals surface area (Å²) in [5.41, 5.74) is 1.73. The molecule has 2 bridgehead atoms. The van der Waals surface area contributed by atoms with Gasteiger partial charge in [-0.15, -0.1) is 0 Å². The van der Waals surface area contributed by atoms with E-state index in [0.29, 0.717) is 6.61 Å². The molecule has 1 fully saturated rings. The Balaban J connectivity index is 0.000000141. The first kappa shape index (κ1) is 14.2. The van der Waals surface area contributed by atoms with Gasteiger partial charge in [0.15, 0.2) is 11.3 Å². The van der Waals surface area contributed by atoms with Crippen molar-refractivity contribution in [2.75, 3.05) is 20.2 Å². The fourth-order valence-electron chi connectivity index (χ4n) is 2.69. The van der Waals surface area contributed by atoms with Gasteiger partial charge in [-0.1, -0.05) is 13.3 Å². The number of nitrogens with zero attached hydrogens (tertiary/aromatic N) is 1. The Labute approximate surface area is 115 Å². The van der Waals surface area contributed by atoms with Gasteiger partial charge in [-0.2, -0.15) is 0 Å². The lowest BCUT2D eigenvalue weighted by Crippen LogP contribution is -2.35. The third-order valence-corrected chi connectivity index (χ3v) is 3.84. The van der Waals surface area contributed by atoms with Crippen molar-refractivity contribution in [2.45, 2.75) is 45.6 Å². The van der Waals surface area contributed by atoms with Crippen molar-refractivity contribution >= 4 is 11.2 Å². The molecule has 1 unspecified atom stereocenters. The van der Waals surface area contributed by atoms with E-state index in [1.54, 1.807) is 0 Å². The Hall–Kier alpha value is -1.22. The monoisotopic (exact) mass is 263 g/mol. The van der Waals surface area contributed by atoms with E-state index in [-0.39, 0.29) is 0 Å². The number of fused-ring (bicyclic) bond motifs is 2. The zero-order valence-electron chi connectivity index (χ0n) is 12.3. The van der Waals surface area contributed by atoms with E-state index < -0.39 is 0 Å². The van der Waals surface area contributed by atoms with Gasteiger partial charge in [-0.05, 0) is 51.9 Å². The summed E-state index contributed by atoms with van der Waals surface area (Å²) in [6.45, 7) is 6.26. The minimum atomic E-state index is 0.694. The minimum absolute atomic E-state index is 0.694. The first-order chi connectivity index (χ1) is 9.24. The maximum absolute atomic E-state index is 5.26. The fourth-order valence-corrected chi connectivity index (χ4v) is 2.69. The number of furan rings is 2. The third-order valence-electron chi connectivity index (χ3n) is 3.84. The molecule has 1 atom stereocenters. The maximum Gasteiger partial charge on any atom is 0.169 e. The molecule has 106 valence electrons. The van der Waals surface area contributed by atoms with Crippen LogP contribution >= 0.6 is 0 Å². The predicted octanol–water partition coefficient (Wildman–Crippen LogP) is 4.15. The molecule has 2 aromatic rings. The molecule has 3 heteroatoms. The van der Waals surface area contributed by atoms with Gasteiger partial charge in [0.1, 0.15) is 5.58 Å². The summed E-state index contributed by atoms with van der Waals surface area (Å²) in [4.78, 5) is 2.49. The Morgan fingerprint density at radius 2 is 2.16 bits per heavy atom. The summed E-state index contributed by atoms with van der Waals surface area (Å²) in [6, 6.07) is 6.63. The number of piperidine rings is 1. The second-order valence-electron chi connectivity index (χ2n) is 5.18. The van der Waals surface area contributed by atoms with Crippen molar-refractivity contribution in [3.63, 3.8) is 0 Å². The average molecular weight is 263 g/mol. The molecule has 3 nitrogen and oxygen atoms in total. The lowest BCUT2D eigenvalue weighted by atomic mass is 10.0. The molecule has 19 heavy (non-hydrogen) atoms. The average Bonchev–Trinajstić information content (AvgIpc) is 3.03. The van der Waals surface area contributed by atoms with Crippen molar-refractivity contribution in [3.05, 3.63) is 18.2 Å². The smallest absolute Gasteiger partial charge is 0.169 e. The number of benzene rings is 1. The SMILES string of the molecule is CCC1CCCCN1C.CCOc1cc2ccc1o2. The van der Waals surface area contributed by atoms with Gasteiger partial charge in [-0.3, -0.25) is 0 Å². The molecule has 1 aliphatic rings. The van der Waals surface area contributed by atoms with Gasteiger partial charge < -0.3 is 14.1 Å². The van der Waals surface area contributed by atoms with Crippen LogP contribution in [0.4, 0.5) is 0 Å². The van der Waals surface area contributed by atoms with Crippen LogP contribution in [-0.2, 0) is 0 Å². The molecule has 0 radical (unpaired) electrons. The Morgan fingerprint density at radius 3 is 2.63 bits per heavy atom. The number of rotatable bonds is 3. The molecule has 1 aliphatic heterocycles. The van der Waals surface area contributed by atoms with Crippen LogP contribution in [0.25, 0.3) is 11.2 Å². The first-order valence-electron chi connectivity index (χ1n) is 7.39. The van der Waals surface area contributed by atoms with Crippen LogP contribution in [0.15, 0.2) is 22.6 Å². The zero-order chi connectivity index (χ0) is 13.7. The fraction of sp³-hybridized carbons (Fsp3) is 0.625. The van der Waals surface area contributed by atoms with Crippen molar-refractivity contribution in [3.8, 4) is 5.75 Å². The highest BCUT2D eigenvalue weighted by molar-refractivity contribution is 5.69. The van der Waals surface area contributed by atoms with Gasteiger partial charge in [0.25, 0.3) is 0 Å². The van der Waals surface area contributed by atoms with Crippen LogP contribution in [-0.4, -0.2) is 31.1 Å². The molecule has 0 aromatic carbocycles. The topological polar surface area (TPSA) is 25.6 Å². The molecular weight excluding hydrogens is 238 g/mol. The van der Waals surface area contributed by atoms with Gasteiger partial charge in [0, 0.05) is 12.1 Å². The summed E-state index contributed by atoms with van der Waals surface area (Å²) < 4.78 is 10.5. The second-order valence-corrected chi connectivity index (χ2v) is 5.18. The van der Waals surface area contributed by atoms with Crippen LogP contribution in [0.1, 0.15) is 39.5 Å². The Kier molecular flexibility index (Phi) is 5.08. The molecule has 3 rings (SSSR count).